The Kier molecular flexibility index (Phi) is 5.96. The van der Waals surface area contributed by atoms with Crippen molar-refractivity contribution >= 4 is 0 Å². The van der Waals surface area contributed by atoms with Crippen LogP contribution >= 0.6 is 0 Å². The maximum Gasteiger partial charge on any atom is 0.165 e. The minimum Gasteiger partial charge on any atom is -0.494 e. The molecule has 0 bridgehead atoms. The van der Waals surface area contributed by atoms with Crippen LogP contribution in [0.1, 0.15) is 37.3 Å². The van der Waals surface area contributed by atoms with E-state index in [2.05, 4.69) is 0 Å². The van der Waals surface area contributed by atoms with Gasteiger partial charge in [-0.15, -0.1) is 0 Å². The van der Waals surface area contributed by atoms with Crippen molar-refractivity contribution < 1.29 is 18.6 Å². The van der Waals surface area contributed by atoms with Crippen LogP contribution < -0.4 is 10.5 Å². The molecule has 1 saturated carbocycles. The molecule has 0 aliphatic heterocycles. The molecule has 21 heavy (non-hydrogen) atoms. The summed E-state index contributed by atoms with van der Waals surface area (Å²) in [6.07, 6.45) is 4.59. The summed E-state index contributed by atoms with van der Waals surface area (Å²) in [6.45, 7) is 0.382. The molecule has 0 radical (unpaired) electrons. The van der Waals surface area contributed by atoms with Gasteiger partial charge in [-0.1, -0.05) is 6.07 Å². The van der Waals surface area contributed by atoms with Gasteiger partial charge >= 0.3 is 0 Å². The van der Waals surface area contributed by atoms with Crippen LogP contribution in [-0.2, 0) is 9.47 Å². The zero-order valence-electron chi connectivity index (χ0n) is 12.7. The van der Waals surface area contributed by atoms with Gasteiger partial charge in [-0.05, 0) is 43.4 Å². The van der Waals surface area contributed by atoms with Gasteiger partial charge in [-0.25, -0.2) is 4.39 Å². The van der Waals surface area contributed by atoms with E-state index >= 15 is 0 Å². The van der Waals surface area contributed by atoms with E-state index in [9.17, 15) is 4.39 Å². The molecule has 2 N–H and O–H groups in total. The summed E-state index contributed by atoms with van der Waals surface area (Å²) in [5.74, 6) is -0.176. The molecule has 1 aliphatic rings. The molecule has 3 atom stereocenters. The number of benzene rings is 1. The predicted octanol–water partition coefficient (Wildman–Crippen LogP) is 2.81. The largest absolute Gasteiger partial charge is 0.494 e. The van der Waals surface area contributed by atoms with Crippen LogP contribution in [0, 0.1) is 5.82 Å². The van der Waals surface area contributed by atoms with Crippen LogP contribution in [-0.4, -0.2) is 33.0 Å². The van der Waals surface area contributed by atoms with Crippen LogP contribution in [0.3, 0.4) is 0 Å². The highest BCUT2D eigenvalue weighted by molar-refractivity contribution is 5.30. The minimum absolute atomic E-state index is 0.179. The number of nitrogens with two attached hydrogens (primary N) is 1. The molecule has 2 rings (SSSR count). The first-order valence-electron chi connectivity index (χ1n) is 7.37. The van der Waals surface area contributed by atoms with Crippen molar-refractivity contribution in [3.05, 3.63) is 29.6 Å². The van der Waals surface area contributed by atoms with E-state index in [1.807, 2.05) is 0 Å². The third-order valence-corrected chi connectivity index (χ3v) is 4.03. The van der Waals surface area contributed by atoms with Gasteiger partial charge in [0.05, 0.1) is 32.0 Å². The lowest BCUT2D eigenvalue weighted by Gasteiger charge is -2.29. The van der Waals surface area contributed by atoms with Crippen molar-refractivity contribution in [3.63, 3.8) is 0 Å². The first-order valence-corrected chi connectivity index (χ1v) is 7.37. The fraction of sp³-hybridized carbons (Fsp3) is 0.625. The average molecular weight is 297 g/mol. The summed E-state index contributed by atoms with van der Waals surface area (Å²) in [6, 6.07) is 4.43. The first kappa shape index (κ1) is 16.2. The molecule has 0 aromatic heterocycles. The lowest BCUT2D eigenvalue weighted by molar-refractivity contribution is -0.0332. The SMILES string of the molecule is COc1ccc(C(N)COC2CCCC(OC)C2)cc1F. The second-order valence-corrected chi connectivity index (χ2v) is 5.48. The molecule has 5 heteroatoms. The van der Waals surface area contributed by atoms with Gasteiger partial charge in [0.25, 0.3) is 0 Å². The fourth-order valence-electron chi connectivity index (χ4n) is 2.72. The molecule has 118 valence electrons. The van der Waals surface area contributed by atoms with E-state index in [1.165, 1.54) is 13.2 Å². The molecule has 1 aliphatic carbocycles. The molecule has 1 aromatic rings. The Hall–Kier alpha value is -1.17. The van der Waals surface area contributed by atoms with E-state index in [1.54, 1.807) is 19.2 Å². The summed E-state index contributed by atoms with van der Waals surface area (Å²) in [5, 5.41) is 0. The number of halogens is 1. The summed E-state index contributed by atoms with van der Waals surface area (Å²) in [5.41, 5.74) is 6.79. The zero-order chi connectivity index (χ0) is 15.2. The van der Waals surface area contributed by atoms with Crippen LogP contribution in [0.2, 0.25) is 0 Å². The maximum atomic E-state index is 13.7. The monoisotopic (exact) mass is 297 g/mol. The second kappa shape index (κ2) is 7.73. The van der Waals surface area contributed by atoms with E-state index < -0.39 is 5.82 Å². The normalized spacial score (nSPS) is 23.8. The minimum atomic E-state index is -0.400. The van der Waals surface area contributed by atoms with Crippen molar-refractivity contribution in [2.45, 2.75) is 43.9 Å². The molecule has 0 amide bonds. The summed E-state index contributed by atoms with van der Waals surface area (Å²) in [7, 11) is 3.18. The summed E-state index contributed by atoms with van der Waals surface area (Å²) in [4.78, 5) is 0. The van der Waals surface area contributed by atoms with Gasteiger partial charge < -0.3 is 19.9 Å². The van der Waals surface area contributed by atoms with Gasteiger partial charge in [0, 0.05) is 7.11 Å². The smallest absolute Gasteiger partial charge is 0.165 e. The lowest BCUT2D eigenvalue weighted by atomic mass is 9.95. The number of methoxy groups -OCH3 is 2. The number of rotatable bonds is 6. The third kappa shape index (κ3) is 4.40. The summed E-state index contributed by atoms with van der Waals surface area (Å²) < 4.78 is 29.8. The Morgan fingerprint density at radius 1 is 1.29 bits per heavy atom. The average Bonchev–Trinajstić information content (AvgIpc) is 2.52. The van der Waals surface area contributed by atoms with E-state index in [0.29, 0.717) is 12.2 Å². The molecule has 0 heterocycles. The number of hydrogen-bond acceptors (Lipinski definition) is 4. The highest BCUT2D eigenvalue weighted by Gasteiger charge is 2.23. The molecule has 1 fully saturated rings. The second-order valence-electron chi connectivity index (χ2n) is 5.48. The molecule has 0 spiro atoms. The van der Waals surface area contributed by atoms with Gasteiger partial charge in [0.2, 0.25) is 0 Å². The van der Waals surface area contributed by atoms with Crippen molar-refractivity contribution in [1.29, 1.82) is 0 Å². The Morgan fingerprint density at radius 3 is 2.71 bits per heavy atom. The Morgan fingerprint density at radius 2 is 2.05 bits per heavy atom. The van der Waals surface area contributed by atoms with Gasteiger partial charge in [-0.3, -0.25) is 0 Å². The van der Waals surface area contributed by atoms with E-state index in [0.717, 1.165) is 25.7 Å². The predicted molar refractivity (Wildman–Crippen MR) is 78.9 cm³/mol. The van der Waals surface area contributed by atoms with Crippen LogP contribution in [0.15, 0.2) is 18.2 Å². The van der Waals surface area contributed by atoms with Gasteiger partial charge in [0.1, 0.15) is 0 Å². The highest BCUT2D eigenvalue weighted by Crippen LogP contribution is 2.25. The Bertz CT molecular complexity index is 455. The molecule has 4 nitrogen and oxygen atoms in total. The van der Waals surface area contributed by atoms with Crippen molar-refractivity contribution in [2.24, 2.45) is 5.73 Å². The molecular formula is C16H24FNO3. The molecule has 1 aromatic carbocycles. The maximum absolute atomic E-state index is 13.7. The van der Waals surface area contributed by atoms with Crippen molar-refractivity contribution in [1.82, 2.24) is 0 Å². The van der Waals surface area contributed by atoms with Crippen molar-refractivity contribution in [2.75, 3.05) is 20.8 Å². The Labute approximate surface area is 125 Å². The van der Waals surface area contributed by atoms with Gasteiger partial charge in [-0.2, -0.15) is 0 Å². The topological polar surface area (TPSA) is 53.7 Å². The van der Waals surface area contributed by atoms with Crippen LogP contribution in [0.5, 0.6) is 5.75 Å². The van der Waals surface area contributed by atoms with E-state index in [4.69, 9.17) is 19.9 Å². The van der Waals surface area contributed by atoms with Crippen LogP contribution in [0.4, 0.5) is 4.39 Å². The first-order chi connectivity index (χ1) is 10.1. The zero-order valence-corrected chi connectivity index (χ0v) is 12.7. The Balaban J connectivity index is 1.86. The summed E-state index contributed by atoms with van der Waals surface area (Å²) >= 11 is 0. The third-order valence-electron chi connectivity index (χ3n) is 4.03. The highest BCUT2D eigenvalue weighted by atomic mass is 19.1. The van der Waals surface area contributed by atoms with Crippen molar-refractivity contribution in [3.8, 4) is 5.75 Å². The van der Waals surface area contributed by atoms with Crippen LogP contribution in [0.25, 0.3) is 0 Å². The fourth-order valence-corrected chi connectivity index (χ4v) is 2.72. The molecular weight excluding hydrogens is 273 g/mol. The van der Waals surface area contributed by atoms with Gasteiger partial charge in [0.15, 0.2) is 11.6 Å². The van der Waals surface area contributed by atoms with E-state index in [-0.39, 0.29) is 24.0 Å². The molecule has 3 unspecified atom stereocenters. The lowest BCUT2D eigenvalue weighted by Crippen LogP contribution is -2.30. The standard InChI is InChI=1S/C16H24FNO3/c1-19-12-4-3-5-13(9-12)21-10-15(18)11-6-7-16(20-2)14(17)8-11/h6-8,12-13,15H,3-5,9-10,18H2,1-2H3. The number of hydrogen-bond donors (Lipinski definition) is 1. The quantitative estimate of drug-likeness (QED) is 0.877. The molecule has 0 saturated heterocycles. The number of ether oxygens (including phenoxy) is 3.